The Morgan fingerprint density at radius 2 is 2.08 bits per heavy atom. The minimum atomic E-state index is -0.442. The van der Waals surface area contributed by atoms with Crippen LogP contribution in [-0.2, 0) is 11.8 Å². The highest BCUT2D eigenvalue weighted by molar-refractivity contribution is 6.08. The fourth-order valence-electron chi connectivity index (χ4n) is 3.16. The van der Waals surface area contributed by atoms with Gasteiger partial charge in [-0.15, -0.1) is 0 Å². The Kier molecular flexibility index (Phi) is 4.10. The second kappa shape index (κ2) is 5.98. The zero-order chi connectivity index (χ0) is 18.4. The molecule has 2 aromatic rings. The third-order valence-corrected chi connectivity index (χ3v) is 4.43. The number of fused-ring (bicyclic) bond motifs is 1. The Balaban J connectivity index is 2.08. The maximum Gasteiger partial charge on any atom is 0.271 e. The zero-order valence-electron chi connectivity index (χ0n) is 14.8. The van der Waals surface area contributed by atoms with Crippen molar-refractivity contribution in [3.8, 4) is 0 Å². The lowest BCUT2D eigenvalue weighted by atomic mass is 9.88. The first-order chi connectivity index (χ1) is 11.7. The molecule has 3 rings (SSSR count). The number of nitro benzene ring substituents is 1. The Bertz CT molecular complexity index is 848. The molecule has 0 radical (unpaired) electrons. The van der Waals surface area contributed by atoms with Crippen LogP contribution in [0.3, 0.4) is 0 Å². The highest BCUT2D eigenvalue weighted by Crippen LogP contribution is 2.34. The smallest absolute Gasteiger partial charge is 0.271 e. The maximum atomic E-state index is 13.2. The lowest BCUT2D eigenvalue weighted by Crippen LogP contribution is -2.37. The summed E-state index contributed by atoms with van der Waals surface area (Å²) in [4.78, 5) is 25.5. The van der Waals surface area contributed by atoms with Crippen LogP contribution in [0.25, 0.3) is 0 Å². The van der Waals surface area contributed by atoms with Crippen molar-refractivity contribution < 1.29 is 14.2 Å². The first-order valence-electron chi connectivity index (χ1n) is 8.26. The number of hydrogen-bond acceptors (Lipinski definition) is 5. The molecule has 0 saturated carbocycles. The van der Waals surface area contributed by atoms with Crippen LogP contribution in [0.4, 0.5) is 11.4 Å². The highest BCUT2D eigenvalue weighted by Gasteiger charge is 2.34. The summed E-state index contributed by atoms with van der Waals surface area (Å²) in [5.74, 6) is 0.248. The molecule has 0 unspecified atom stereocenters. The monoisotopic (exact) mass is 343 g/mol. The van der Waals surface area contributed by atoms with Gasteiger partial charge in [-0.3, -0.25) is 14.9 Å². The van der Waals surface area contributed by atoms with Gasteiger partial charge in [0.15, 0.2) is 0 Å². The maximum absolute atomic E-state index is 13.2. The molecule has 1 aromatic carbocycles. The van der Waals surface area contributed by atoms with E-state index in [1.54, 1.807) is 17.9 Å². The Hall–Kier alpha value is -2.70. The van der Waals surface area contributed by atoms with Gasteiger partial charge < -0.3 is 9.42 Å². The fourth-order valence-corrected chi connectivity index (χ4v) is 3.16. The minimum absolute atomic E-state index is 0.0171. The topological polar surface area (TPSA) is 89.5 Å². The number of hydrogen-bond donors (Lipinski definition) is 0. The van der Waals surface area contributed by atoms with Crippen molar-refractivity contribution in [3.63, 3.8) is 0 Å². The van der Waals surface area contributed by atoms with Gasteiger partial charge in [0.1, 0.15) is 17.0 Å². The number of rotatable bonds is 2. The largest absolute Gasteiger partial charge is 0.361 e. The molecule has 25 heavy (non-hydrogen) atoms. The summed E-state index contributed by atoms with van der Waals surface area (Å²) in [6, 6.07) is 4.70. The van der Waals surface area contributed by atoms with Crippen molar-refractivity contribution in [2.75, 3.05) is 11.4 Å². The normalized spacial score (nSPS) is 14.3. The molecule has 1 aromatic heterocycles. The van der Waals surface area contributed by atoms with Crippen molar-refractivity contribution in [3.05, 3.63) is 50.9 Å². The molecule has 1 aliphatic rings. The number of anilines is 1. The van der Waals surface area contributed by atoms with Crippen LogP contribution in [0.15, 0.2) is 22.7 Å². The van der Waals surface area contributed by atoms with Gasteiger partial charge in [0.2, 0.25) is 0 Å². The molecule has 0 bridgehead atoms. The lowest BCUT2D eigenvalue weighted by Gasteiger charge is -2.30. The van der Waals surface area contributed by atoms with Crippen LogP contribution in [0.5, 0.6) is 0 Å². The van der Waals surface area contributed by atoms with E-state index in [1.165, 1.54) is 12.1 Å². The second-order valence-electron chi connectivity index (χ2n) is 7.34. The Labute approximate surface area is 145 Å². The average molecular weight is 343 g/mol. The van der Waals surface area contributed by atoms with E-state index in [2.05, 4.69) is 5.16 Å². The van der Waals surface area contributed by atoms with Gasteiger partial charge in [-0.1, -0.05) is 32.0 Å². The quantitative estimate of drug-likeness (QED) is 0.611. The molecule has 0 N–H and O–H groups in total. The molecule has 0 atom stereocenters. The molecule has 2 heterocycles. The van der Waals surface area contributed by atoms with E-state index in [4.69, 9.17) is 4.52 Å². The highest BCUT2D eigenvalue weighted by atomic mass is 16.6. The van der Waals surface area contributed by atoms with Crippen molar-refractivity contribution in [1.82, 2.24) is 5.16 Å². The summed E-state index contributed by atoms with van der Waals surface area (Å²) in [5.41, 5.74) is 2.24. The van der Waals surface area contributed by atoms with Gasteiger partial charge in [-0.2, -0.15) is 0 Å². The molecule has 7 heteroatoms. The predicted octanol–water partition coefficient (Wildman–Crippen LogP) is 3.78. The molecule has 1 aliphatic heterocycles. The Morgan fingerprint density at radius 3 is 2.72 bits per heavy atom. The first kappa shape index (κ1) is 17.1. The van der Waals surface area contributed by atoms with Crippen molar-refractivity contribution in [2.24, 2.45) is 0 Å². The predicted molar refractivity (Wildman–Crippen MR) is 93.0 cm³/mol. The van der Waals surface area contributed by atoms with Crippen molar-refractivity contribution in [1.29, 1.82) is 0 Å². The van der Waals surface area contributed by atoms with Gasteiger partial charge in [0.25, 0.3) is 11.6 Å². The van der Waals surface area contributed by atoms with Gasteiger partial charge in [0, 0.05) is 24.1 Å². The minimum Gasteiger partial charge on any atom is -0.361 e. The van der Waals surface area contributed by atoms with E-state index in [9.17, 15) is 14.9 Å². The number of nitro groups is 1. The first-order valence-corrected chi connectivity index (χ1v) is 8.26. The summed E-state index contributed by atoms with van der Waals surface area (Å²) >= 11 is 0. The van der Waals surface area contributed by atoms with Crippen molar-refractivity contribution >= 4 is 17.3 Å². The van der Waals surface area contributed by atoms with Crippen molar-refractivity contribution in [2.45, 2.75) is 46.0 Å². The Morgan fingerprint density at radius 1 is 1.36 bits per heavy atom. The molecule has 0 fully saturated rings. The van der Waals surface area contributed by atoms with E-state index >= 15 is 0 Å². The average Bonchev–Trinajstić information content (AvgIpc) is 2.95. The standard InChI is InChI=1S/C18H21N3O4/c1-11-15(16(19-25-11)18(2,3)4)17(22)20-9-5-6-12-7-8-13(21(23)24)10-14(12)20/h7-8,10H,5-6,9H2,1-4H3. The van der Waals surface area contributed by atoms with Crippen LogP contribution in [0, 0.1) is 17.0 Å². The molecule has 0 aliphatic carbocycles. The van der Waals surface area contributed by atoms with E-state index in [0.717, 1.165) is 18.4 Å². The third kappa shape index (κ3) is 3.01. The molecule has 7 nitrogen and oxygen atoms in total. The fraction of sp³-hybridized carbons (Fsp3) is 0.444. The third-order valence-electron chi connectivity index (χ3n) is 4.43. The molecule has 1 amide bonds. The summed E-state index contributed by atoms with van der Waals surface area (Å²) < 4.78 is 5.28. The number of aryl methyl sites for hydroxylation is 2. The molecular formula is C18H21N3O4. The summed E-state index contributed by atoms with van der Waals surface area (Å²) in [7, 11) is 0. The van der Waals surface area contributed by atoms with Crippen LogP contribution >= 0.6 is 0 Å². The zero-order valence-corrected chi connectivity index (χ0v) is 14.8. The number of amides is 1. The summed E-state index contributed by atoms with van der Waals surface area (Å²) in [6.07, 6.45) is 1.61. The van der Waals surface area contributed by atoms with Gasteiger partial charge in [-0.25, -0.2) is 0 Å². The number of carbonyl (C=O) groups is 1. The van der Waals surface area contributed by atoms with E-state index in [-0.39, 0.29) is 17.0 Å². The van der Waals surface area contributed by atoms with Crippen LogP contribution in [0.1, 0.15) is 54.6 Å². The van der Waals surface area contributed by atoms with Gasteiger partial charge in [-0.05, 0) is 25.3 Å². The van der Waals surface area contributed by atoms with Crippen LogP contribution < -0.4 is 4.90 Å². The number of benzene rings is 1. The molecule has 132 valence electrons. The van der Waals surface area contributed by atoms with Crippen LogP contribution in [0.2, 0.25) is 0 Å². The van der Waals surface area contributed by atoms with E-state index in [1.807, 2.05) is 20.8 Å². The van der Waals surface area contributed by atoms with Gasteiger partial charge >= 0.3 is 0 Å². The summed E-state index contributed by atoms with van der Waals surface area (Å²) in [6.45, 7) is 8.14. The van der Waals surface area contributed by atoms with E-state index < -0.39 is 4.92 Å². The molecule has 0 saturated heterocycles. The lowest BCUT2D eigenvalue weighted by molar-refractivity contribution is -0.384. The molecular weight excluding hydrogens is 322 g/mol. The number of non-ortho nitro benzene ring substituents is 1. The SMILES string of the molecule is Cc1onc(C(C)(C)C)c1C(=O)N1CCCc2ccc([N+](=O)[O-])cc21. The molecule has 0 spiro atoms. The number of nitrogens with zero attached hydrogens (tertiary/aromatic N) is 3. The number of aromatic nitrogens is 1. The second-order valence-corrected chi connectivity index (χ2v) is 7.34. The van der Waals surface area contributed by atoms with Gasteiger partial charge in [0.05, 0.1) is 10.6 Å². The van der Waals surface area contributed by atoms with E-state index in [0.29, 0.717) is 29.2 Å². The summed E-state index contributed by atoms with van der Waals surface area (Å²) in [5, 5.41) is 15.2. The van der Waals surface area contributed by atoms with Crippen LogP contribution in [-0.4, -0.2) is 22.5 Å². The number of carbonyl (C=O) groups excluding carboxylic acids is 1.